The molecule has 10 nitrogen and oxygen atoms in total. The highest BCUT2D eigenvalue weighted by Crippen LogP contribution is 2.33. The molecule has 1 saturated heterocycles. The molecule has 188 valence electrons. The fourth-order valence-electron chi connectivity index (χ4n) is 4.11. The van der Waals surface area contributed by atoms with Crippen LogP contribution in [0.5, 0.6) is 5.88 Å². The maximum absolute atomic E-state index is 12.9. The SMILES string of the molecule is CN1CCCC(F)(F)C1.Cc1nc2ccc(-c3cc(O)n4nc(N)nc(N)c34)nc2n1CC(F)F. The van der Waals surface area contributed by atoms with E-state index in [1.54, 1.807) is 31.0 Å². The van der Waals surface area contributed by atoms with E-state index < -0.39 is 18.9 Å². The molecule has 0 bridgehead atoms. The fraction of sp³-hybridized carbons (Fsp3) is 0.429. The standard InChI is InChI=1S/C15H14F2N8O.C6H11F2N/c1-6-20-9-3-2-8(21-14(9)24(6)5-10(16)17)7-4-11(26)25-12(7)13(18)22-15(19)23-25;1-9-4-2-3-6(7,8)5-9/h2-4,10,26H,5H2,1H3,(H4,18,19,22,23);2-5H2,1H3. The van der Waals surface area contributed by atoms with Crippen molar-refractivity contribution in [3.63, 3.8) is 0 Å². The normalized spacial score (nSPS) is 16.1. The summed E-state index contributed by atoms with van der Waals surface area (Å²) in [4.78, 5) is 14.3. The van der Waals surface area contributed by atoms with Crippen molar-refractivity contribution in [3.05, 3.63) is 24.0 Å². The van der Waals surface area contributed by atoms with Gasteiger partial charge in [0.05, 0.1) is 18.8 Å². The Kier molecular flexibility index (Phi) is 6.40. The Morgan fingerprint density at radius 3 is 2.54 bits per heavy atom. The molecule has 1 aliphatic rings. The summed E-state index contributed by atoms with van der Waals surface area (Å²) in [7, 11) is 1.73. The van der Waals surface area contributed by atoms with Crippen LogP contribution in [0, 0.1) is 6.92 Å². The van der Waals surface area contributed by atoms with Crippen LogP contribution in [0.2, 0.25) is 0 Å². The lowest BCUT2D eigenvalue weighted by atomic mass is 10.1. The van der Waals surface area contributed by atoms with Gasteiger partial charge in [-0.05, 0) is 39.1 Å². The highest BCUT2D eigenvalue weighted by Gasteiger charge is 2.33. The van der Waals surface area contributed by atoms with Crippen molar-refractivity contribution in [2.75, 3.05) is 31.6 Å². The van der Waals surface area contributed by atoms with Gasteiger partial charge in [-0.25, -0.2) is 27.5 Å². The number of nitrogen functional groups attached to an aromatic ring is 2. The number of aromatic hydroxyl groups is 1. The summed E-state index contributed by atoms with van der Waals surface area (Å²) in [6, 6.07) is 4.74. The number of hydrogen-bond donors (Lipinski definition) is 3. The molecule has 1 fully saturated rings. The van der Waals surface area contributed by atoms with Crippen molar-refractivity contribution in [2.45, 2.75) is 38.7 Å². The van der Waals surface area contributed by atoms with Gasteiger partial charge in [-0.3, -0.25) is 0 Å². The minimum Gasteiger partial charge on any atom is -0.493 e. The lowest BCUT2D eigenvalue weighted by molar-refractivity contribution is -0.0571. The van der Waals surface area contributed by atoms with Crippen molar-refractivity contribution in [1.29, 1.82) is 0 Å². The highest BCUT2D eigenvalue weighted by atomic mass is 19.3. The number of nitrogens with zero attached hydrogens (tertiary/aromatic N) is 7. The molecular formula is C21H25F4N9O. The molecule has 5 heterocycles. The Labute approximate surface area is 197 Å². The quantitative estimate of drug-likeness (QED) is 0.369. The van der Waals surface area contributed by atoms with Crippen LogP contribution >= 0.6 is 0 Å². The number of piperidine rings is 1. The zero-order valence-electron chi connectivity index (χ0n) is 19.1. The van der Waals surface area contributed by atoms with E-state index in [0.717, 1.165) is 11.1 Å². The molecule has 0 unspecified atom stereocenters. The second-order valence-electron chi connectivity index (χ2n) is 8.43. The summed E-state index contributed by atoms with van der Waals surface area (Å²) in [6.45, 7) is 1.88. The van der Waals surface area contributed by atoms with Gasteiger partial charge < -0.3 is 26.0 Å². The number of likely N-dealkylation sites (tertiary alicyclic amines) is 1. The largest absolute Gasteiger partial charge is 0.493 e. The van der Waals surface area contributed by atoms with Crippen LogP contribution in [0.4, 0.5) is 29.3 Å². The Bertz CT molecular complexity index is 1370. The van der Waals surface area contributed by atoms with E-state index in [9.17, 15) is 22.7 Å². The summed E-state index contributed by atoms with van der Waals surface area (Å²) in [6.07, 6.45) is -1.84. The van der Waals surface area contributed by atoms with E-state index in [0.29, 0.717) is 40.2 Å². The number of halogens is 4. The highest BCUT2D eigenvalue weighted by molar-refractivity contribution is 5.89. The molecule has 35 heavy (non-hydrogen) atoms. The zero-order chi connectivity index (χ0) is 25.5. The van der Waals surface area contributed by atoms with Crippen LogP contribution in [-0.2, 0) is 6.54 Å². The summed E-state index contributed by atoms with van der Waals surface area (Å²) in [5.74, 6) is -2.22. The first-order valence-electron chi connectivity index (χ1n) is 10.8. The third kappa shape index (κ3) is 5.06. The Morgan fingerprint density at radius 1 is 1.17 bits per heavy atom. The van der Waals surface area contributed by atoms with Crippen molar-refractivity contribution in [3.8, 4) is 17.1 Å². The molecule has 0 aliphatic carbocycles. The molecule has 0 aromatic carbocycles. The van der Waals surface area contributed by atoms with E-state index in [1.807, 2.05) is 0 Å². The number of fused-ring (bicyclic) bond motifs is 2. The number of pyridine rings is 1. The number of alkyl halides is 4. The van der Waals surface area contributed by atoms with Gasteiger partial charge in [0.2, 0.25) is 11.8 Å². The van der Waals surface area contributed by atoms with Gasteiger partial charge >= 0.3 is 0 Å². The maximum atomic E-state index is 12.9. The van der Waals surface area contributed by atoms with Crippen molar-refractivity contribution in [1.82, 2.24) is 34.0 Å². The summed E-state index contributed by atoms with van der Waals surface area (Å²) in [5, 5.41) is 14.0. The zero-order valence-corrected chi connectivity index (χ0v) is 19.1. The van der Waals surface area contributed by atoms with Gasteiger partial charge in [-0.2, -0.15) is 9.50 Å². The summed E-state index contributed by atoms with van der Waals surface area (Å²) >= 11 is 0. The molecule has 5 rings (SSSR count). The van der Waals surface area contributed by atoms with E-state index in [-0.39, 0.29) is 30.6 Å². The smallest absolute Gasteiger partial charge is 0.260 e. The van der Waals surface area contributed by atoms with Gasteiger partial charge in [0.15, 0.2) is 11.5 Å². The third-order valence-electron chi connectivity index (χ3n) is 5.60. The average Bonchev–Trinajstić information content (AvgIpc) is 3.24. The van der Waals surface area contributed by atoms with Crippen LogP contribution in [-0.4, -0.2) is 71.6 Å². The summed E-state index contributed by atoms with van der Waals surface area (Å²) in [5.41, 5.74) is 13.4. The first-order valence-corrected chi connectivity index (χ1v) is 10.8. The first kappa shape index (κ1) is 24.4. The predicted molar refractivity (Wildman–Crippen MR) is 122 cm³/mol. The average molecular weight is 495 g/mol. The van der Waals surface area contributed by atoms with Gasteiger partial charge in [0.1, 0.15) is 16.9 Å². The Morgan fingerprint density at radius 2 is 1.91 bits per heavy atom. The molecular weight excluding hydrogens is 470 g/mol. The molecule has 4 aromatic rings. The maximum Gasteiger partial charge on any atom is 0.260 e. The second kappa shape index (κ2) is 9.17. The minimum absolute atomic E-state index is 0.0620. The van der Waals surface area contributed by atoms with Gasteiger partial charge in [-0.15, -0.1) is 5.10 Å². The van der Waals surface area contributed by atoms with Crippen LogP contribution in [0.25, 0.3) is 27.9 Å². The van der Waals surface area contributed by atoms with Gasteiger partial charge in [-0.1, -0.05) is 0 Å². The topological polar surface area (TPSA) is 136 Å². The number of aromatic nitrogens is 6. The molecule has 0 saturated carbocycles. The van der Waals surface area contributed by atoms with E-state index in [1.165, 1.54) is 10.6 Å². The van der Waals surface area contributed by atoms with Crippen LogP contribution < -0.4 is 11.5 Å². The molecule has 0 amide bonds. The predicted octanol–water partition coefficient (Wildman–Crippen LogP) is 2.93. The number of rotatable bonds is 3. The van der Waals surface area contributed by atoms with Gasteiger partial charge in [0.25, 0.3) is 12.3 Å². The number of aryl methyl sites for hydroxylation is 1. The van der Waals surface area contributed by atoms with Crippen molar-refractivity contribution >= 4 is 28.4 Å². The van der Waals surface area contributed by atoms with Crippen LogP contribution in [0.3, 0.4) is 0 Å². The van der Waals surface area contributed by atoms with Crippen LogP contribution in [0.1, 0.15) is 18.7 Å². The number of anilines is 2. The molecule has 0 radical (unpaired) electrons. The van der Waals surface area contributed by atoms with E-state index >= 15 is 0 Å². The van der Waals surface area contributed by atoms with Crippen LogP contribution in [0.15, 0.2) is 18.2 Å². The lowest BCUT2D eigenvalue weighted by Gasteiger charge is -2.28. The molecule has 0 spiro atoms. The Hall–Kier alpha value is -3.68. The van der Waals surface area contributed by atoms with E-state index in [4.69, 9.17) is 11.5 Å². The van der Waals surface area contributed by atoms with Crippen molar-refractivity contribution in [2.24, 2.45) is 0 Å². The van der Waals surface area contributed by atoms with E-state index in [2.05, 4.69) is 20.1 Å². The first-order chi connectivity index (χ1) is 16.4. The monoisotopic (exact) mass is 495 g/mol. The second-order valence-corrected chi connectivity index (χ2v) is 8.43. The molecule has 14 heteroatoms. The fourth-order valence-corrected chi connectivity index (χ4v) is 4.11. The molecule has 4 aromatic heterocycles. The molecule has 0 atom stereocenters. The van der Waals surface area contributed by atoms with Crippen molar-refractivity contribution < 1.29 is 22.7 Å². The molecule has 5 N–H and O–H groups in total. The lowest BCUT2D eigenvalue weighted by Crippen LogP contribution is -2.39. The molecule has 1 aliphatic heterocycles. The van der Waals surface area contributed by atoms with Gasteiger partial charge in [0, 0.05) is 18.1 Å². The number of imidazole rings is 1. The summed E-state index contributed by atoms with van der Waals surface area (Å²) < 4.78 is 53.1. The minimum atomic E-state index is -2.54. The number of hydrogen-bond acceptors (Lipinski definition) is 8. The third-order valence-corrected chi connectivity index (χ3v) is 5.60. The Balaban J connectivity index is 0.000000271. The number of nitrogens with two attached hydrogens (primary N) is 2.